The molecule has 0 bridgehead atoms. The Labute approximate surface area is 100 Å². The maximum atomic E-state index is 11.9. The van der Waals surface area contributed by atoms with E-state index in [0.29, 0.717) is 6.42 Å². The fourth-order valence-electron chi connectivity index (χ4n) is 1.28. The number of sulfonamides is 1. The van der Waals surface area contributed by atoms with Crippen LogP contribution in [-0.4, -0.2) is 19.4 Å². The summed E-state index contributed by atoms with van der Waals surface area (Å²) in [6, 6.07) is 1.86. The van der Waals surface area contributed by atoms with Gasteiger partial charge in [-0.1, -0.05) is 19.3 Å². The van der Waals surface area contributed by atoms with E-state index in [1.54, 1.807) is 0 Å². The second-order valence-corrected chi connectivity index (χ2v) is 5.23. The molecule has 92 valence electrons. The molecule has 0 aliphatic carbocycles. The molecule has 1 unspecified atom stereocenters. The lowest BCUT2D eigenvalue weighted by atomic mass is 10.2. The summed E-state index contributed by atoms with van der Waals surface area (Å²) in [7, 11) is -3.67. The lowest BCUT2D eigenvalue weighted by Gasteiger charge is -2.12. The molecule has 1 atom stereocenters. The van der Waals surface area contributed by atoms with Gasteiger partial charge in [0.15, 0.2) is 0 Å². The lowest BCUT2D eigenvalue weighted by molar-refractivity contribution is 0.564. The molecule has 1 heterocycles. The third-order valence-electron chi connectivity index (χ3n) is 2.14. The van der Waals surface area contributed by atoms with Crippen LogP contribution in [0.1, 0.15) is 19.8 Å². The molecule has 2 N–H and O–H groups in total. The highest BCUT2D eigenvalue weighted by Gasteiger charge is 2.18. The molecule has 0 saturated carbocycles. The quantitative estimate of drug-likeness (QED) is 0.749. The van der Waals surface area contributed by atoms with Gasteiger partial charge in [0.25, 0.3) is 0 Å². The van der Waals surface area contributed by atoms with E-state index in [4.69, 9.17) is 6.42 Å². The first-order chi connectivity index (χ1) is 7.99. The summed E-state index contributed by atoms with van der Waals surface area (Å²) in [4.78, 5) is 13.1. The Morgan fingerprint density at radius 2 is 2.24 bits per heavy atom. The van der Waals surface area contributed by atoms with Crippen LogP contribution in [0.3, 0.4) is 0 Å². The van der Waals surface area contributed by atoms with Crippen molar-refractivity contribution in [2.24, 2.45) is 0 Å². The van der Waals surface area contributed by atoms with Gasteiger partial charge in [0.2, 0.25) is 15.6 Å². The highest BCUT2D eigenvalue weighted by Crippen LogP contribution is 2.07. The van der Waals surface area contributed by atoms with Crippen LogP contribution in [0.5, 0.6) is 0 Å². The molecule has 1 rings (SSSR count). The van der Waals surface area contributed by atoms with E-state index < -0.39 is 16.1 Å². The van der Waals surface area contributed by atoms with Gasteiger partial charge in [-0.25, -0.2) is 8.42 Å². The number of nitrogens with one attached hydrogen (secondary N) is 2. The van der Waals surface area contributed by atoms with E-state index in [0.717, 1.165) is 18.7 Å². The highest BCUT2D eigenvalue weighted by molar-refractivity contribution is 7.89. The zero-order valence-electron chi connectivity index (χ0n) is 9.43. The van der Waals surface area contributed by atoms with Gasteiger partial charge in [0.1, 0.15) is 0 Å². The molecule has 0 aromatic carbocycles. The normalized spacial score (nSPS) is 12.9. The predicted octanol–water partition coefficient (Wildman–Crippen LogP) is 0.455. The smallest absolute Gasteiger partial charge is 0.247 e. The summed E-state index contributed by atoms with van der Waals surface area (Å²) in [6.45, 7) is 1.92. The molecule has 0 spiro atoms. The summed E-state index contributed by atoms with van der Waals surface area (Å²) in [5, 5.41) is 0. The van der Waals surface area contributed by atoms with Gasteiger partial charge >= 0.3 is 0 Å². The van der Waals surface area contributed by atoms with Crippen molar-refractivity contribution in [3.8, 4) is 12.3 Å². The average molecular weight is 254 g/mol. The topological polar surface area (TPSA) is 79.0 Å². The van der Waals surface area contributed by atoms with Crippen LogP contribution >= 0.6 is 0 Å². The second kappa shape index (κ2) is 5.66. The maximum Gasteiger partial charge on any atom is 0.247 e. The summed E-state index contributed by atoms with van der Waals surface area (Å²) in [6.07, 6.45) is 7.73. The molecule has 6 heteroatoms. The molecular formula is C11H14N2O3S. The van der Waals surface area contributed by atoms with Crippen LogP contribution in [0.15, 0.2) is 28.0 Å². The Balaban J connectivity index is 2.93. The standard InChI is InChI=1S/C11H14N2O3S/c1-3-5-9(4-2)13-17(15,16)10-6-7-11(14)12-8-10/h2,6-9,13H,3,5H2,1H3,(H,12,14). The van der Waals surface area contributed by atoms with Crippen LogP contribution in [0, 0.1) is 12.3 Å². The van der Waals surface area contributed by atoms with E-state index in [2.05, 4.69) is 15.6 Å². The van der Waals surface area contributed by atoms with Crippen molar-refractivity contribution in [1.29, 1.82) is 0 Å². The number of hydrogen-bond donors (Lipinski definition) is 2. The fourth-order valence-corrected chi connectivity index (χ4v) is 2.44. The van der Waals surface area contributed by atoms with Crippen molar-refractivity contribution in [2.75, 3.05) is 0 Å². The molecule has 0 saturated heterocycles. The van der Waals surface area contributed by atoms with Crippen molar-refractivity contribution < 1.29 is 8.42 Å². The molecule has 17 heavy (non-hydrogen) atoms. The first-order valence-corrected chi connectivity index (χ1v) is 6.65. The van der Waals surface area contributed by atoms with Crippen molar-refractivity contribution >= 4 is 10.0 Å². The predicted molar refractivity (Wildman–Crippen MR) is 64.9 cm³/mol. The third kappa shape index (κ3) is 3.73. The first-order valence-electron chi connectivity index (χ1n) is 5.17. The number of hydrogen-bond acceptors (Lipinski definition) is 3. The van der Waals surface area contributed by atoms with Crippen LogP contribution in [0.2, 0.25) is 0 Å². The number of aromatic amines is 1. The van der Waals surface area contributed by atoms with Gasteiger partial charge < -0.3 is 4.98 Å². The molecule has 0 radical (unpaired) electrons. The van der Waals surface area contributed by atoms with Crippen molar-refractivity contribution in [1.82, 2.24) is 9.71 Å². The second-order valence-electron chi connectivity index (χ2n) is 3.52. The molecule has 0 aliphatic rings. The van der Waals surface area contributed by atoms with Crippen LogP contribution in [-0.2, 0) is 10.0 Å². The van der Waals surface area contributed by atoms with Gasteiger partial charge in [0, 0.05) is 12.3 Å². The van der Waals surface area contributed by atoms with Gasteiger partial charge in [0.05, 0.1) is 10.9 Å². The van der Waals surface area contributed by atoms with Crippen molar-refractivity contribution in [2.45, 2.75) is 30.7 Å². The number of rotatable bonds is 5. The molecule has 0 aliphatic heterocycles. The van der Waals surface area contributed by atoms with Crippen LogP contribution in [0.25, 0.3) is 0 Å². The monoisotopic (exact) mass is 254 g/mol. The summed E-state index contributed by atoms with van der Waals surface area (Å²) in [5.41, 5.74) is -0.356. The Bertz CT molecular complexity index is 549. The minimum atomic E-state index is -3.67. The van der Waals surface area contributed by atoms with Crippen LogP contribution in [0.4, 0.5) is 0 Å². The Hall–Kier alpha value is -1.58. The SMILES string of the molecule is C#CC(CCC)NS(=O)(=O)c1ccc(=O)[nH]c1. The Morgan fingerprint density at radius 1 is 1.53 bits per heavy atom. The third-order valence-corrected chi connectivity index (χ3v) is 3.61. The Kier molecular flexibility index (Phi) is 4.49. The van der Waals surface area contributed by atoms with Crippen molar-refractivity contribution in [3.05, 3.63) is 28.7 Å². The largest absolute Gasteiger partial charge is 0.328 e. The zero-order chi connectivity index (χ0) is 12.9. The number of pyridine rings is 1. The minimum Gasteiger partial charge on any atom is -0.328 e. The summed E-state index contributed by atoms with van der Waals surface area (Å²) < 4.78 is 26.1. The first kappa shape index (κ1) is 13.5. The molecule has 1 aromatic heterocycles. The summed E-state index contributed by atoms with van der Waals surface area (Å²) >= 11 is 0. The van der Waals surface area contributed by atoms with Gasteiger partial charge in [-0.2, -0.15) is 4.72 Å². The fraction of sp³-hybridized carbons (Fsp3) is 0.364. The van der Waals surface area contributed by atoms with Gasteiger partial charge in [-0.05, 0) is 12.5 Å². The number of H-pyrrole nitrogens is 1. The van der Waals surface area contributed by atoms with E-state index in [-0.39, 0.29) is 10.5 Å². The van der Waals surface area contributed by atoms with E-state index in [1.807, 2.05) is 6.92 Å². The molecule has 5 nitrogen and oxygen atoms in total. The highest BCUT2D eigenvalue weighted by atomic mass is 32.2. The maximum absolute atomic E-state index is 11.9. The van der Waals surface area contributed by atoms with E-state index in [1.165, 1.54) is 6.07 Å². The Morgan fingerprint density at radius 3 is 2.71 bits per heavy atom. The number of aromatic nitrogens is 1. The lowest BCUT2D eigenvalue weighted by Crippen LogP contribution is -2.33. The van der Waals surface area contributed by atoms with Gasteiger partial charge in [-0.15, -0.1) is 6.42 Å². The molecule has 0 fully saturated rings. The minimum absolute atomic E-state index is 0.00606. The average Bonchev–Trinajstić information content (AvgIpc) is 2.28. The zero-order valence-corrected chi connectivity index (χ0v) is 10.3. The van der Waals surface area contributed by atoms with Gasteiger partial charge in [-0.3, -0.25) is 4.79 Å². The molecule has 1 aromatic rings. The van der Waals surface area contributed by atoms with Crippen LogP contribution < -0.4 is 10.3 Å². The molecular weight excluding hydrogens is 240 g/mol. The summed E-state index contributed by atoms with van der Waals surface area (Å²) in [5.74, 6) is 2.38. The number of terminal acetylenes is 1. The van der Waals surface area contributed by atoms with E-state index in [9.17, 15) is 13.2 Å². The molecule has 0 amide bonds. The van der Waals surface area contributed by atoms with E-state index >= 15 is 0 Å². The van der Waals surface area contributed by atoms with Crippen molar-refractivity contribution in [3.63, 3.8) is 0 Å².